The molecule has 1 aromatic carbocycles. The summed E-state index contributed by atoms with van der Waals surface area (Å²) < 4.78 is 15.9. The number of hydrogen-bond acceptors (Lipinski definition) is 5. The van der Waals surface area contributed by atoms with Crippen molar-refractivity contribution in [1.29, 1.82) is 0 Å². The fraction of sp³-hybridized carbons (Fsp3) is 0.533. The normalized spacial score (nSPS) is 17.7. The van der Waals surface area contributed by atoms with Gasteiger partial charge in [-0.25, -0.2) is 4.79 Å². The first-order valence-electron chi connectivity index (χ1n) is 7.03. The van der Waals surface area contributed by atoms with Crippen molar-refractivity contribution >= 4 is 5.97 Å². The van der Waals surface area contributed by atoms with Crippen molar-refractivity contribution in [3.8, 4) is 11.5 Å². The lowest BCUT2D eigenvalue weighted by atomic mass is 10.2. The van der Waals surface area contributed by atoms with Crippen molar-refractivity contribution in [2.75, 3.05) is 26.9 Å². The first-order valence-corrected chi connectivity index (χ1v) is 7.03. The van der Waals surface area contributed by atoms with Crippen LogP contribution in [-0.4, -0.2) is 44.0 Å². The van der Waals surface area contributed by atoms with E-state index in [1.165, 1.54) is 7.11 Å². The first-order chi connectivity index (χ1) is 10.2. The predicted octanol–water partition coefficient (Wildman–Crippen LogP) is 1.43. The fourth-order valence-electron chi connectivity index (χ4n) is 2.26. The average Bonchev–Trinajstić information content (AvgIpc) is 2.98. The second-order valence-corrected chi connectivity index (χ2v) is 4.93. The highest BCUT2D eigenvalue weighted by Gasteiger charge is 2.14. The number of aliphatic carboxylic acids is 1. The van der Waals surface area contributed by atoms with Crippen LogP contribution in [0.3, 0.4) is 0 Å². The molecule has 6 heteroatoms. The van der Waals surface area contributed by atoms with Crippen LogP contribution in [0.25, 0.3) is 0 Å². The van der Waals surface area contributed by atoms with E-state index in [1.54, 1.807) is 6.07 Å². The van der Waals surface area contributed by atoms with E-state index in [0.29, 0.717) is 24.1 Å². The maximum absolute atomic E-state index is 10.5. The topological polar surface area (TPSA) is 77.0 Å². The lowest BCUT2D eigenvalue weighted by molar-refractivity contribution is -0.139. The Bertz CT molecular complexity index is 471. The largest absolute Gasteiger partial charge is 0.493 e. The molecule has 21 heavy (non-hydrogen) atoms. The van der Waals surface area contributed by atoms with Crippen molar-refractivity contribution in [2.24, 2.45) is 0 Å². The SMILES string of the molecule is COc1cc(CNC[C@@H]2CCCO2)ccc1OCC(=O)O. The molecule has 2 N–H and O–H groups in total. The van der Waals surface area contributed by atoms with Gasteiger partial charge in [0.05, 0.1) is 13.2 Å². The van der Waals surface area contributed by atoms with Gasteiger partial charge in [0.1, 0.15) is 0 Å². The smallest absolute Gasteiger partial charge is 0.341 e. The predicted molar refractivity (Wildman–Crippen MR) is 76.8 cm³/mol. The Morgan fingerprint density at radius 1 is 1.48 bits per heavy atom. The summed E-state index contributed by atoms with van der Waals surface area (Å²) in [4.78, 5) is 10.5. The molecule has 0 unspecified atom stereocenters. The van der Waals surface area contributed by atoms with Gasteiger partial charge in [0.15, 0.2) is 18.1 Å². The lowest BCUT2D eigenvalue weighted by Gasteiger charge is -2.13. The molecule has 0 aromatic heterocycles. The van der Waals surface area contributed by atoms with E-state index in [1.807, 2.05) is 12.1 Å². The van der Waals surface area contributed by atoms with Crippen LogP contribution in [-0.2, 0) is 16.1 Å². The summed E-state index contributed by atoms with van der Waals surface area (Å²) in [6.45, 7) is 2.01. The molecule has 0 aliphatic carbocycles. The molecule has 1 fully saturated rings. The van der Waals surface area contributed by atoms with Crippen LogP contribution in [0.2, 0.25) is 0 Å². The van der Waals surface area contributed by atoms with Crippen LogP contribution in [0.1, 0.15) is 18.4 Å². The molecule has 0 bridgehead atoms. The van der Waals surface area contributed by atoms with Crippen molar-refractivity contribution in [3.63, 3.8) is 0 Å². The first kappa shape index (κ1) is 15.6. The standard InChI is InChI=1S/C15H21NO5/c1-19-14-7-11(4-5-13(14)21-10-15(17)18)8-16-9-12-3-2-6-20-12/h4-5,7,12,16H,2-3,6,8-10H2,1H3,(H,17,18)/t12-/m0/s1. The molecule has 2 rings (SSSR count). The minimum Gasteiger partial charge on any atom is -0.493 e. The molecule has 1 aliphatic heterocycles. The number of rotatable bonds is 8. The molecule has 6 nitrogen and oxygen atoms in total. The van der Waals surface area contributed by atoms with E-state index in [9.17, 15) is 4.79 Å². The third-order valence-corrected chi connectivity index (χ3v) is 3.30. The highest BCUT2D eigenvalue weighted by Crippen LogP contribution is 2.28. The van der Waals surface area contributed by atoms with E-state index in [-0.39, 0.29) is 6.61 Å². The van der Waals surface area contributed by atoms with E-state index in [2.05, 4.69) is 5.32 Å². The number of carboxylic acid groups (broad SMARTS) is 1. The zero-order valence-corrected chi connectivity index (χ0v) is 12.1. The number of hydrogen-bond donors (Lipinski definition) is 2. The zero-order chi connectivity index (χ0) is 15.1. The molecule has 1 aromatic rings. The van der Waals surface area contributed by atoms with Crippen LogP contribution >= 0.6 is 0 Å². The molecule has 1 atom stereocenters. The van der Waals surface area contributed by atoms with Gasteiger partial charge < -0.3 is 24.6 Å². The minimum atomic E-state index is -1.01. The molecule has 0 radical (unpaired) electrons. The summed E-state index contributed by atoms with van der Waals surface area (Å²) in [6.07, 6.45) is 2.55. The van der Waals surface area contributed by atoms with Gasteiger partial charge >= 0.3 is 5.97 Å². The van der Waals surface area contributed by atoms with Gasteiger partial charge in [0, 0.05) is 19.7 Å². The molecular formula is C15H21NO5. The maximum atomic E-state index is 10.5. The van der Waals surface area contributed by atoms with Gasteiger partial charge in [0.2, 0.25) is 0 Å². The second-order valence-electron chi connectivity index (χ2n) is 4.93. The monoisotopic (exact) mass is 295 g/mol. The molecule has 116 valence electrons. The van der Waals surface area contributed by atoms with Gasteiger partial charge in [0.25, 0.3) is 0 Å². The highest BCUT2D eigenvalue weighted by atomic mass is 16.5. The second kappa shape index (κ2) is 7.85. The number of carboxylic acids is 1. The van der Waals surface area contributed by atoms with Crippen LogP contribution in [0.4, 0.5) is 0 Å². The van der Waals surface area contributed by atoms with Crippen LogP contribution in [0.5, 0.6) is 11.5 Å². The molecule has 0 saturated carbocycles. The van der Waals surface area contributed by atoms with Crippen LogP contribution < -0.4 is 14.8 Å². The minimum absolute atomic E-state index is 0.310. The molecule has 1 heterocycles. The van der Waals surface area contributed by atoms with Gasteiger partial charge in [-0.15, -0.1) is 0 Å². The fourth-order valence-corrected chi connectivity index (χ4v) is 2.26. The quantitative estimate of drug-likeness (QED) is 0.755. The number of methoxy groups -OCH3 is 1. The summed E-state index contributed by atoms with van der Waals surface area (Å²) in [5.41, 5.74) is 1.05. The zero-order valence-electron chi connectivity index (χ0n) is 12.1. The third-order valence-electron chi connectivity index (χ3n) is 3.30. The number of carbonyl (C=O) groups is 1. The van der Waals surface area contributed by atoms with Gasteiger partial charge in [-0.1, -0.05) is 6.07 Å². The van der Waals surface area contributed by atoms with Crippen molar-refractivity contribution in [3.05, 3.63) is 23.8 Å². The van der Waals surface area contributed by atoms with Crippen molar-refractivity contribution in [2.45, 2.75) is 25.5 Å². The average molecular weight is 295 g/mol. The Balaban J connectivity index is 1.86. The molecule has 0 amide bonds. The van der Waals surface area contributed by atoms with Crippen molar-refractivity contribution in [1.82, 2.24) is 5.32 Å². The molecule has 1 saturated heterocycles. The molecule has 1 aliphatic rings. The van der Waals surface area contributed by atoms with Crippen LogP contribution in [0, 0.1) is 0 Å². The summed E-state index contributed by atoms with van der Waals surface area (Å²) in [6, 6.07) is 5.47. The van der Waals surface area contributed by atoms with Gasteiger partial charge in [-0.05, 0) is 30.5 Å². The third kappa shape index (κ3) is 4.91. The molecular weight excluding hydrogens is 274 g/mol. The summed E-state index contributed by atoms with van der Waals surface area (Å²) in [5.74, 6) is -0.0465. The Kier molecular flexibility index (Phi) is 5.83. The number of nitrogens with one attached hydrogen (secondary N) is 1. The number of ether oxygens (including phenoxy) is 3. The van der Waals surface area contributed by atoms with E-state index in [0.717, 1.165) is 31.6 Å². The van der Waals surface area contributed by atoms with Gasteiger partial charge in [-0.3, -0.25) is 0 Å². The van der Waals surface area contributed by atoms with E-state index < -0.39 is 5.97 Å². The van der Waals surface area contributed by atoms with Crippen molar-refractivity contribution < 1.29 is 24.1 Å². The Morgan fingerprint density at radius 2 is 2.33 bits per heavy atom. The van der Waals surface area contributed by atoms with E-state index in [4.69, 9.17) is 19.3 Å². The Hall–Kier alpha value is -1.79. The van der Waals surface area contributed by atoms with Crippen LogP contribution in [0.15, 0.2) is 18.2 Å². The summed E-state index contributed by atoms with van der Waals surface area (Å²) in [5, 5.41) is 12.0. The summed E-state index contributed by atoms with van der Waals surface area (Å²) in [7, 11) is 1.53. The number of benzene rings is 1. The Labute approximate surface area is 124 Å². The lowest BCUT2D eigenvalue weighted by Crippen LogP contribution is -2.25. The Morgan fingerprint density at radius 3 is 3.00 bits per heavy atom. The maximum Gasteiger partial charge on any atom is 0.341 e. The van der Waals surface area contributed by atoms with Gasteiger partial charge in [-0.2, -0.15) is 0 Å². The highest BCUT2D eigenvalue weighted by molar-refractivity contribution is 5.68. The van der Waals surface area contributed by atoms with E-state index >= 15 is 0 Å². The molecule has 0 spiro atoms. The summed E-state index contributed by atoms with van der Waals surface area (Å²) >= 11 is 0.